The molecule has 2 aromatic rings. The van der Waals surface area contributed by atoms with Crippen molar-refractivity contribution in [1.29, 1.82) is 0 Å². The van der Waals surface area contributed by atoms with Gasteiger partial charge in [0.1, 0.15) is 5.52 Å². The number of hydrogen-bond donors (Lipinski definition) is 1. The third-order valence-electron chi connectivity index (χ3n) is 2.58. The fraction of sp³-hybridized carbons (Fsp3) is 0.462. The van der Waals surface area contributed by atoms with Crippen molar-refractivity contribution in [2.45, 2.75) is 33.1 Å². The Morgan fingerprint density at radius 1 is 1.31 bits per heavy atom. The van der Waals surface area contributed by atoms with Crippen LogP contribution in [0.15, 0.2) is 22.6 Å². The van der Waals surface area contributed by atoms with Crippen LogP contribution in [-0.4, -0.2) is 11.5 Å². The van der Waals surface area contributed by atoms with E-state index in [1.165, 1.54) is 5.56 Å². The molecule has 0 aliphatic heterocycles. The van der Waals surface area contributed by atoms with Crippen molar-refractivity contribution in [3.63, 3.8) is 0 Å². The van der Waals surface area contributed by atoms with Gasteiger partial charge in [0, 0.05) is 6.54 Å². The first-order valence-electron chi connectivity index (χ1n) is 5.65. The molecule has 0 saturated heterocycles. The molecule has 2 rings (SSSR count). The summed E-state index contributed by atoms with van der Waals surface area (Å²) in [7, 11) is 0. The first-order valence-corrected chi connectivity index (χ1v) is 5.65. The third-order valence-corrected chi connectivity index (χ3v) is 2.58. The van der Waals surface area contributed by atoms with E-state index in [0.29, 0.717) is 6.01 Å². The molecule has 1 N–H and O–H groups in total. The fourth-order valence-electron chi connectivity index (χ4n) is 1.62. The summed E-state index contributed by atoms with van der Waals surface area (Å²) in [6.45, 7) is 9.42. The van der Waals surface area contributed by atoms with E-state index < -0.39 is 0 Å². The predicted octanol–water partition coefficient (Wildman–Crippen LogP) is 3.56. The smallest absolute Gasteiger partial charge is 0.295 e. The van der Waals surface area contributed by atoms with E-state index in [0.717, 1.165) is 17.6 Å². The van der Waals surface area contributed by atoms with Gasteiger partial charge in [0.2, 0.25) is 0 Å². The molecule has 0 amide bonds. The zero-order chi connectivity index (χ0) is 11.8. The normalized spacial score (nSPS) is 12.0. The lowest BCUT2D eigenvalue weighted by molar-refractivity contribution is 0.590. The molecule has 0 radical (unpaired) electrons. The maximum Gasteiger partial charge on any atom is 0.295 e. The minimum atomic E-state index is 0.144. The van der Waals surface area contributed by atoms with Gasteiger partial charge >= 0.3 is 0 Å². The van der Waals surface area contributed by atoms with Gasteiger partial charge in [-0.3, -0.25) is 0 Å². The quantitative estimate of drug-likeness (QED) is 0.837. The molecule has 0 aliphatic rings. The van der Waals surface area contributed by atoms with Crippen molar-refractivity contribution in [2.24, 2.45) is 0 Å². The van der Waals surface area contributed by atoms with Gasteiger partial charge in [0.25, 0.3) is 6.01 Å². The van der Waals surface area contributed by atoms with Crippen LogP contribution in [0.2, 0.25) is 0 Å². The van der Waals surface area contributed by atoms with Gasteiger partial charge in [-0.2, -0.15) is 4.98 Å². The Morgan fingerprint density at radius 2 is 2.06 bits per heavy atom. The SMILES string of the molecule is CCNc1nc2cc(C(C)(C)C)ccc2o1. The topological polar surface area (TPSA) is 38.1 Å². The van der Waals surface area contributed by atoms with Crippen LogP contribution in [-0.2, 0) is 5.41 Å². The van der Waals surface area contributed by atoms with E-state index in [4.69, 9.17) is 4.42 Å². The van der Waals surface area contributed by atoms with Crippen molar-refractivity contribution in [3.8, 4) is 0 Å². The molecule has 3 nitrogen and oxygen atoms in total. The summed E-state index contributed by atoms with van der Waals surface area (Å²) < 4.78 is 5.55. The molecule has 0 spiro atoms. The summed E-state index contributed by atoms with van der Waals surface area (Å²) in [6.07, 6.45) is 0. The molecule has 0 aliphatic carbocycles. The predicted molar refractivity (Wildman–Crippen MR) is 66.9 cm³/mol. The minimum Gasteiger partial charge on any atom is -0.424 e. The van der Waals surface area contributed by atoms with Gasteiger partial charge in [-0.1, -0.05) is 26.8 Å². The van der Waals surface area contributed by atoms with Crippen LogP contribution in [0.25, 0.3) is 11.1 Å². The zero-order valence-electron chi connectivity index (χ0n) is 10.3. The van der Waals surface area contributed by atoms with Gasteiger partial charge in [0.15, 0.2) is 5.58 Å². The van der Waals surface area contributed by atoms with Crippen LogP contribution < -0.4 is 5.32 Å². The van der Waals surface area contributed by atoms with Crippen molar-refractivity contribution in [2.75, 3.05) is 11.9 Å². The molecule has 1 aromatic carbocycles. The maximum atomic E-state index is 5.55. The van der Waals surface area contributed by atoms with Crippen LogP contribution in [0.1, 0.15) is 33.3 Å². The highest BCUT2D eigenvalue weighted by Gasteiger charge is 2.15. The summed E-state index contributed by atoms with van der Waals surface area (Å²) in [4.78, 5) is 4.40. The van der Waals surface area contributed by atoms with E-state index in [2.05, 4.69) is 43.2 Å². The van der Waals surface area contributed by atoms with Gasteiger partial charge < -0.3 is 9.73 Å². The average Bonchev–Trinajstić information content (AvgIpc) is 2.57. The molecule has 0 unspecified atom stereocenters. The molecular formula is C13H18N2O. The van der Waals surface area contributed by atoms with E-state index >= 15 is 0 Å². The van der Waals surface area contributed by atoms with Crippen molar-refractivity contribution in [1.82, 2.24) is 4.98 Å². The molecule has 0 atom stereocenters. The number of nitrogens with zero attached hydrogens (tertiary/aromatic N) is 1. The van der Waals surface area contributed by atoms with Crippen LogP contribution in [0.5, 0.6) is 0 Å². The molecule has 16 heavy (non-hydrogen) atoms. The lowest BCUT2D eigenvalue weighted by Crippen LogP contribution is -2.10. The summed E-state index contributed by atoms with van der Waals surface area (Å²) >= 11 is 0. The summed E-state index contributed by atoms with van der Waals surface area (Å²) in [5, 5.41) is 3.08. The molecular weight excluding hydrogens is 200 g/mol. The average molecular weight is 218 g/mol. The van der Waals surface area contributed by atoms with Crippen LogP contribution in [0, 0.1) is 0 Å². The molecule has 86 valence electrons. The summed E-state index contributed by atoms with van der Waals surface area (Å²) in [5.74, 6) is 0. The first-order chi connectivity index (χ1) is 7.50. The standard InChI is InChI=1S/C13H18N2O/c1-5-14-12-15-10-8-9(13(2,3)4)6-7-11(10)16-12/h6-8H,5H2,1-4H3,(H,14,15). The fourth-order valence-corrected chi connectivity index (χ4v) is 1.62. The van der Waals surface area contributed by atoms with Gasteiger partial charge in [0.05, 0.1) is 0 Å². The van der Waals surface area contributed by atoms with Crippen molar-refractivity contribution >= 4 is 17.1 Å². The molecule has 3 heteroatoms. The summed E-state index contributed by atoms with van der Waals surface area (Å²) in [6, 6.07) is 6.79. The van der Waals surface area contributed by atoms with Gasteiger partial charge in [-0.25, -0.2) is 0 Å². The van der Waals surface area contributed by atoms with E-state index in [9.17, 15) is 0 Å². The number of fused-ring (bicyclic) bond motifs is 1. The highest BCUT2D eigenvalue weighted by molar-refractivity contribution is 5.75. The van der Waals surface area contributed by atoms with Crippen molar-refractivity contribution in [3.05, 3.63) is 23.8 Å². The second kappa shape index (κ2) is 3.81. The number of aromatic nitrogens is 1. The van der Waals surface area contributed by atoms with Gasteiger partial charge in [-0.05, 0) is 30.0 Å². The second-order valence-electron chi connectivity index (χ2n) is 4.98. The highest BCUT2D eigenvalue weighted by atomic mass is 16.4. The zero-order valence-corrected chi connectivity index (χ0v) is 10.3. The Labute approximate surface area is 95.9 Å². The van der Waals surface area contributed by atoms with Crippen LogP contribution in [0.4, 0.5) is 6.01 Å². The van der Waals surface area contributed by atoms with Gasteiger partial charge in [-0.15, -0.1) is 0 Å². The van der Waals surface area contributed by atoms with Crippen LogP contribution >= 0.6 is 0 Å². The van der Waals surface area contributed by atoms with E-state index in [1.54, 1.807) is 0 Å². The second-order valence-corrected chi connectivity index (χ2v) is 4.98. The number of oxazole rings is 1. The van der Waals surface area contributed by atoms with Crippen molar-refractivity contribution < 1.29 is 4.42 Å². The minimum absolute atomic E-state index is 0.144. The summed E-state index contributed by atoms with van der Waals surface area (Å²) in [5.41, 5.74) is 3.18. The Bertz CT molecular complexity index is 494. The number of benzene rings is 1. The highest BCUT2D eigenvalue weighted by Crippen LogP contribution is 2.27. The monoisotopic (exact) mass is 218 g/mol. The molecule has 1 aromatic heterocycles. The van der Waals surface area contributed by atoms with E-state index in [1.807, 2.05) is 13.0 Å². The number of anilines is 1. The van der Waals surface area contributed by atoms with Crippen LogP contribution in [0.3, 0.4) is 0 Å². The third kappa shape index (κ3) is 2.03. The lowest BCUT2D eigenvalue weighted by Gasteiger charge is -2.18. The maximum absolute atomic E-state index is 5.55. The molecule has 1 heterocycles. The molecule has 0 fully saturated rings. The Balaban J connectivity index is 2.46. The molecule has 0 saturated carbocycles. The Morgan fingerprint density at radius 3 is 2.69 bits per heavy atom. The largest absolute Gasteiger partial charge is 0.424 e. The lowest BCUT2D eigenvalue weighted by atomic mass is 9.87. The number of hydrogen-bond acceptors (Lipinski definition) is 3. The molecule has 0 bridgehead atoms. The Kier molecular flexibility index (Phi) is 2.62. The number of rotatable bonds is 2. The first kappa shape index (κ1) is 11.0. The number of nitrogens with one attached hydrogen (secondary N) is 1. The Hall–Kier alpha value is -1.51. The van der Waals surface area contributed by atoms with E-state index in [-0.39, 0.29) is 5.41 Å².